The van der Waals surface area contributed by atoms with Crippen LogP contribution >= 0.6 is 11.3 Å². The molecule has 0 spiro atoms. The normalized spacial score (nSPS) is 21.3. The molecule has 2 rings (SSSR count). The summed E-state index contributed by atoms with van der Waals surface area (Å²) in [6, 6.07) is 0. The Labute approximate surface area is 92.3 Å². The maximum Gasteiger partial charge on any atom is 0.230 e. The maximum absolute atomic E-state index is 11.8. The van der Waals surface area contributed by atoms with E-state index >= 15 is 0 Å². The summed E-state index contributed by atoms with van der Waals surface area (Å²) in [7, 11) is 0. The maximum atomic E-state index is 11.8. The minimum absolute atomic E-state index is 0.0540. The van der Waals surface area contributed by atoms with Crippen molar-refractivity contribution in [1.29, 1.82) is 0 Å². The molecule has 1 atom stereocenters. The number of rotatable bonds is 2. The van der Waals surface area contributed by atoms with Crippen LogP contribution in [0, 0.1) is 12.8 Å². The van der Waals surface area contributed by atoms with Crippen LogP contribution in [0.25, 0.3) is 0 Å². The fraction of sp³-hybridized carbons (Fsp3) is 0.667. The molecule has 1 amide bonds. The molecule has 0 aliphatic carbocycles. The number of amides is 1. The van der Waals surface area contributed by atoms with Gasteiger partial charge in [0, 0.05) is 6.54 Å². The minimum atomic E-state index is 0.0540. The zero-order chi connectivity index (χ0) is 10.7. The van der Waals surface area contributed by atoms with E-state index in [0.717, 1.165) is 30.9 Å². The Morgan fingerprint density at radius 1 is 1.60 bits per heavy atom. The van der Waals surface area contributed by atoms with Crippen molar-refractivity contribution < 1.29 is 4.79 Å². The molecule has 1 aliphatic heterocycles. The van der Waals surface area contributed by atoms with Crippen molar-refractivity contribution in [3.8, 4) is 0 Å². The van der Waals surface area contributed by atoms with Crippen molar-refractivity contribution in [3.63, 3.8) is 0 Å². The van der Waals surface area contributed by atoms with E-state index in [-0.39, 0.29) is 11.8 Å². The molecule has 2 heterocycles. The van der Waals surface area contributed by atoms with Gasteiger partial charge in [-0.15, -0.1) is 10.2 Å². The molecule has 0 radical (unpaired) electrons. The number of aryl methyl sites for hydroxylation is 1. The summed E-state index contributed by atoms with van der Waals surface area (Å²) in [5, 5.41) is 15.2. The molecule has 0 bridgehead atoms. The van der Waals surface area contributed by atoms with Crippen molar-refractivity contribution >= 4 is 22.4 Å². The lowest BCUT2D eigenvalue weighted by Gasteiger charge is -2.20. The zero-order valence-corrected chi connectivity index (χ0v) is 9.43. The van der Waals surface area contributed by atoms with Crippen LogP contribution in [0.4, 0.5) is 5.13 Å². The number of nitrogens with one attached hydrogen (secondary N) is 2. The van der Waals surface area contributed by atoms with Gasteiger partial charge >= 0.3 is 0 Å². The Kier molecular flexibility index (Phi) is 3.27. The van der Waals surface area contributed by atoms with E-state index in [1.807, 2.05) is 6.92 Å². The number of anilines is 1. The Morgan fingerprint density at radius 3 is 3.07 bits per heavy atom. The Balaban J connectivity index is 1.91. The van der Waals surface area contributed by atoms with Gasteiger partial charge in [0.2, 0.25) is 11.0 Å². The largest absolute Gasteiger partial charge is 0.316 e. The van der Waals surface area contributed by atoms with E-state index in [1.165, 1.54) is 11.3 Å². The third kappa shape index (κ3) is 2.73. The van der Waals surface area contributed by atoms with Crippen LogP contribution in [0.2, 0.25) is 0 Å². The molecular weight excluding hydrogens is 212 g/mol. The molecule has 1 unspecified atom stereocenters. The van der Waals surface area contributed by atoms with Gasteiger partial charge in [-0.25, -0.2) is 0 Å². The van der Waals surface area contributed by atoms with Crippen LogP contribution in [0.5, 0.6) is 0 Å². The number of carbonyl (C=O) groups excluding carboxylic acids is 1. The fourth-order valence-corrected chi connectivity index (χ4v) is 2.22. The highest BCUT2D eigenvalue weighted by Crippen LogP contribution is 2.17. The summed E-state index contributed by atoms with van der Waals surface area (Å²) < 4.78 is 0. The van der Waals surface area contributed by atoms with E-state index in [9.17, 15) is 4.79 Å². The number of hydrogen-bond acceptors (Lipinski definition) is 5. The van der Waals surface area contributed by atoms with Gasteiger partial charge < -0.3 is 10.6 Å². The molecule has 1 saturated heterocycles. The van der Waals surface area contributed by atoms with E-state index < -0.39 is 0 Å². The second-order valence-corrected chi connectivity index (χ2v) is 4.84. The van der Waals surface area contributed by atoms with Crippen LogP contribution in [0.15, 0.2) is 0 Å². The Morgan fingerprint density at radius 2 is 2.47 bits per heavy atom. The fourth-order valence-electron chi connectivity index (χ4n) is 1.63. The van der Waals surface area contributed by atoms with Gasteiger partial charge in [-0.3, -0.25) is 4.79 Å². The van der Waals surface area contributed by atoms with Gasteiger partial charge in [0.1, 0.15) is 5.01 Å². The van der Waals surface area contributed by atoms with Crippen LogP contribution in [-0.4, -0.2) is 29.2 Å². The summed E-state index contributed by atoms with van der Waals surface area (Å²) >= 11 is 1.41. The molecule has 82 valence electrons. The van der Waals surface area contributed by atoms with Gasteiger partial charge in [-0.05, 0) is 26.3 Å². The lowest BCUT2D eigenvalue weighted by atomic mass is 9.99. The summed E-state index contributed by atoms with van der Waals surface area (Å²) in [6.45, 7) is 3.65. The van der Waals surface area contributed by atoms with E-state index in [4.69, 9.17) is 0 Å². The minimum Gasteiger partial charge on any atom is -0.316 e. The van der Waals surface area contributed by atoms with Crippen molar-refractivity contribution in [2.75, 3.05) is 18.4 Å². The smallest absolute Gasteiger partial charge is 0.230 e. The van der Waals surface area contributed by atoms with E-state index in [1.54, 1.807) is 0 Å². The highest BCUT2D eigenvalue weighted by atomic mass is 32.1. The summed E-state index contributed by atoms with van der Waals surface area (Å²) in [5.74, 6) is 0.126. The number of aromatic nitrogens is 2. The van der Waals surface area contributed by atoms with Crippen LogP contribution in [0.1, 0.15) is 17.8 Å². The number of piperidine rings is 1. The molecule has 2 N–H and O–H groups in total. The topological polar surface area (TPSA) is 66.9 Å². The van der Waals surface area contributed by atoms with Gasteiger partial charge in [-0.1, -0.05) is 11.3 Å². The van der Waals surface area contributed by atoms with Crippen molar-refractivity contribution in [2.45, 2.75) is 19.8 Å². The van der Waals surface area contributed by atoms with E-state index in [0.29, 0.717) is 5.13 Å². The molecule has 1 aromatic rings. The summed E-state index contributed by atoms with van der Waals surface area (Å²) in [4.78, 5) is 11.8. The van der Waals surface area contributed by atoms with Crippen molar-refractivity contribution in [2.24, 2.45) is 5.92 Å². The average molecular weight is 226 g/mol. The summed E-state index contributed by atoms with van der Waals surface area (Å²) in [6.07, 6.45) is 2.02. The van der Waals surface area contributed by atoms with Crippen molar-refractivity contribution in [1.82, 2.24) is 15.5 Å². The zero-order valence-electron chi connectivity index (χ0n) is 8.62. The number of carbonyl (C=O) groups is 1. The number of nitrogens with zero attached hydrogens (tertiary/aromatic N) is 2. The molecular formula is C9H14N4OS. The third-order valence-corrected chi connectivity index (χ3v) is 3.18. The monoisotopic (exact) mass is 226 g/mol. The average Bonchev–Trinajstić information content (AvgIpc) is 2.65. The standard InChI is InChI=1S/C9H14N4OS/c1-6-12-13-9(15-6)11-8(14)7-3-2-4-10-5-7/h7,10H,2-5H2,1H3,(H,11,13,14). The molecule has 15 heavy (non-hydrogen) atoms. The molecule has 1 fully saturated rings. The summed E-state index contributed by atoms with van der Waals surface area (Å²) in [5.41, 5.74) is 0. The van der Waals surface area contributed by atoms with Crippen molar-refractivity contribution in [3.05, 3.63) is 5.01 Å². The second-order valence-electron chi connectivity index (χ2n) is 3.66. The van der Waals surface area contributed by atoms with Crippen LogP contribution in [-0.2, 0) is 4.79 Å². The van der Waals surface area contributed by atoms with Gasteiger partial charge in [0.05, 0.1) is 5.92 Å². The predicted octanol–water partition coefficient (Wildman–Crippen LogP) is 0.785. The quantitative estimate of drug-likeness (QED) is 0.782. The third-order valence-electron chi connectivity index (χ3n) is 2.42. The Hall–Kier alpha value is -1.01. The molecule has 0 saturated carbocycles. The van der Waals surface area contributed by atoms with Crippen LogP contribution < -0.4 is 10.6 Å². The molecule has 6 heteroatoms. The van der Waals surface area contributed by atoms with Gasteiger partial charge in [-0.2, -0.15) is 0 Å². The first-order chi connectivity index (χ1) is 7.25. The number of hydrogen-bond donors (Lipinski definition) is 2. The lowest BCUT2D eigenvalue weighted by Crippen LogP contribution is -2.37. The first-order valence-electron chi connectivity index (χ1n) is 5.07. The SMILES string of the molecule is Cc1nnc(NC(=O)C2CCCNC2)s1. The molecule has 1 aromatic heterocycles. The predicted molar refractivity (Wildman–Crippen MR) is 58.9 cm³/mol. The molecule has 0 aromatic carbocycles. The molecule has 1 aliphatic rings. The van der Waals surface area contributed by atoms with Gasteiger partial charge in [0.25, 0.3) is 0 Å². The first kappa shape index (κ1) is 10.5. The highest BCUT2D eigenvalue weighted by Gasteiger charge is 2.21. The van der Waals surface area contributed by atoms with Gasteiger partial charge in [0.15, 0.2) is 0 Å². The van der Waals surface area contributed by atoms with E-state index in [2.05, 4.69) is 20.8 Å². The second kappa shape index (κ2) is 4.67. The highest BCUT2D eigenvalue weighted by molar-refractivity contribution is 7.15. The van der Waals surface area contributed by atoms with Crippen LogP contribution in [0.3, 0.4) is 0 Å². The first-order valence-corrected chi connectivity index (χ1v) is 5.89. The molecule has 5 nitrogen and oxygen atoms in total. The Bertz CT molecular complexity index is 346. The lowest BCUT2D eigenvalue weighted by molar-refractivity contribution is -0.120.